The van der Waals surface area contributed by atoms with Gasteiger partial charge in [-0.15, -0.1) is 0 Å². The molecule has 158 valence electrons. The smallest absolute Gasteiger partial charge is 0.0494 e. The Morgan fingerprint density at radius 1 is 0.781 bits per heavy atom. The predicted octanol–water partition coefficient (Wildman–Crippen LogP) is 8.27. The van der Waals surface area contributed by atoms with Crippen molar-refractivity contribution in [2.24, 2.45) is 0 Å². The van der Waals surface area contributed by atoms with E-state index in [9.17, 15) is 0 Å². The molecule has 32 heavy (non-hydrogen) atoms. The van der Waals surface area contributed by atoms with E-state index in [1.807, 2.05) is 0 Å². The van der Waals surface area contributed by atoms with Gasteiger partial charge in [-0.25, -0.2) is 0 Å². The van der Waals surface area contributed by atoms with Crippen LogP contribution in [-0.2, 0) is 13.0 Å². The second kappa shape index (κ2) is 8.88. The molecule has 0 atom stereocenters. The Kier molecular flexibility index (Phi) is 5.64. The minimum absolute atomic E-state index is 0.856. The fourth-order valence-electron chi connectivity index (χ4n) is 4.79. The quantitative estimate of drug-likeness (QED) is 0.317. The highest BCUT2D eigenvalue weighted by Gasteiger charge is 2.10. The number of hydrogen-bond donors (Lipinski definition) is 0. The van der Waals surface area contributed by atoms with Gasteiger partial charge in [0, 0.05) is 28.4 Å². The zero-order chi connectivity index (χ0) is 21.9. The first-order chi connectivity index (χ1) is 15.7. The summed E-state index contributed by atoms with van der Waals surface area (Å²) >= 11 is 0. The second-order valence-corrected chi connectivity index (χ2v) is 8.61. The lowest BCUT2D eigenvalue weighted by Crippen LogP contribution is -1.97. The molecule has 0 aliphatic heterocycles. The first-order valence-corrected chi connectivity index (χ1v) is 11.5. The minimum atomic E-state index is 0.856. The van der Waals surface area contributed by atoms with Crippen LogP contribution in [0, 0.1) is 0 Å². The van der Waals surface area contributed by atoms with Crippen LogP contribution in [0.5, 0.6) is 0 Å². The lowest BCUT2D eigenvalue weighted by Gasteiger charge is -2.14. The molecule has 0 saturated heterocycles. The zero-order valence-corrected chi connectivity index (χ0v) is 18.9. The average Bonchev–Trinajstić information content (AvgIpc) is 3.15. The molecular weight excluding hydrogens is 386 g/mol. The first-order valence-electron chi connectivity index (χ1n) is 11.5. The maximum atomic E-state index is 2.43. The van der Waals surface area contributed by atoms with E-state index in [1.165, 1.54) is 49.7 Å². The van der Waals surface area contributed by atoms with E-state index in [2.05, 4.69) is 122 Å². The van der Waals surface area contributed by atoms with Gasteiger partial charge in [-0.1, -0.05) is 96.6 Å². The van der Waals surface area contributed by atoms with E-state index in [1.54, 1.807) is 0 Å². The lowest BCUT2D eigenvalue weighted by molar-refractivity contribution is 0.897. The Bertz CT molecular complexity index is 1350. The third kappa shape index (κ3) is 3.87. The highest BCUT2D eigenvalue weighted by atomic mass is 15.0. The van der Waals surface area contributed by atoms with Crippen molar-refractivity contribution in [3.05, 3.63) is 125 Å². The SMILES string of the molecule is CC1=C/CC(/C=C\Cn2c3ccccc3c3ccccc32)=C(/C)c2ccccc2C/C=C\1. The Balaban J connectivity index is 1.55. The molecule has 0 radical (unpaired) electrons. The molecule has 0 fully saturated rings. The Labute approximate surface area is 190 Å². The molecule has 0 N–H and O–H groups in total. The molecule has 1 heterocycles. The van der Waals surface area contributed by atoms with E-state index >= 15 is 0 Å². The van der Waals surface area contributed by atoms with Crippen LogP contribution in [-0.4, -0.2) is 4.57 Å². The molecule has 0 amide bonds. The number of aromatic nitrogens is 1. The summed E-state index contributed by atoms with van der Waals surface area (Å²) in [6.45, 7) is 5.32. The van der Waals surface area contributed by atoms with Gasteiger partial charge >= 0.3 is 0 Å². The third-order valence-corrected chi connectivity index (χ3v) is 6.55. The van der Waals surface area contributed by atoms with Gasteiger partial charge in [-0.3, -0.25) is 0 Å². The molecule has 1 aromatic heterocycles. The number of nitrogens with zero attached hydrogens (tertiary/aromatic N) is 1. The number of fused-ring (bicyclic) bond motifs is 4. The van der Waals surface area contributed by atoms with Crippen molar-refractivity contribution in [3.8, 4) is 0 Å². The van der Waals surface area contributed by atoms with Crippen LogP contribution in [0.4, 0.5) is 0 Å². The second-order valence-electron chi connectivity index (χ2n) is 8.61. The molecule has 1 aliphatic carbocycles. The summed E-state index contributed by atoms with van der Waals surface area (Å²) in [5, 5.41) is 2.65. The number of benzene rings is 3. The van der Waals surface area contributed by atoms with Crippen molar-refractivity contribution in [2.75, 3.05) is 0 Å². The van der Waals surface area contributed by atoms with Gasteiger partial charge in [-0.05, 0) is 61.1 Å². The monoisotopic (exact) mass is 415 g/mol. The molecule has 1 heteroatoms. The third-order valence-electron chi connectivity index (χ3n) is 6.55. The van der Waals surface area contributed by atoms with Crippen LogP contribution >= 0.6 is 0 Å². The highest BCUT2D eigenvalue weighted by Crippen LogP contribution is 2.30. The largest absolute Gasteiger partial charge is 0.337 e. The molecule has 0 spiro atoms. The van der Waals surface area contributed by atoms with E-state index in [0.29, 0.717) is 0 Å². The van der Waals surface area contributed by atoms with Crippen molar-refractivity contribution < 1.29 is 0 Å². The molecule has 1 aliphatic rings. The highest BCUT2D eigenvalue weighted by molar-refractivity contribution is 6.08. The molecular formula is C31H29N. The summed E-state index contributed by atoms with van der Waals surface area (Å²) in [7, 11) is 0. The van der Waals surface area contributed by atoms with Crippen LogP contribution in [0.3, 0.4) is 0 Å². The average molecular weight is 416 g/mol. The Morgan fingerprint density at radius 3 is 2.19 bits per heavy atom. The fourth-order valence-corrected chi connectivity index (χ4v) is 4.79. The first kappa shape index (κ1) is 20.3. The van der Waals surface area contributed by atoms with E-state index in [4.69, 9.17) is 0 Å². The zero-order valence-electron chi connectivity index (χ0n) is 18.9. The topological polar surface area (TPSA) is 4.93 Å². The van der Waals surface area contributed by atoms with Crippen LogP contribution in [0.25, 0.3) is 27.4 Å². The van der Waals surface area contributed by atoms with E-state index in [0.717, 1.165) is 19.4 Å². The van der Waals surface area contributed by atoms with Gasteiger partial charge in [0.25, 0.3) is 0 Å². The molecule has 0 bridgehead atoms. The Hall–Kier alpha value is -3.58. The number of para-hydroxylation sites is 2. The maximum Gasteiger partial charge on any atom is 0.0494 e. The van der Waals surface area contributed by atoms with Gasteiger partial charge in [0.2, 0.25) is 0 Å². The van der Waals surface area contributed by atoms with Gasteiger partial charge in [0.1, 0.15) is 0 Å². The van der Waals surface area contributed by atoms with Gasteiger partial charge < -0.3 is 4.57 Å². The van der Waals surface area contributed by atoms with Crippen LogP contribution in [0.15, 0.2) is 114 Å². The van der Waals surface area contributed by atoms with Crippen molar-refractivity contribution in [1.29, 1.82) is 0 Å². The summed E-state index contributed by atoms with van der Waals surface area (Å²) in [6.07, 6.45) is 13.4. The molecule has 3 aromatic carbocycles. The summed E-state index contributed by atoms with van der Waals surface area (Å²) in [6, 6.07) is 26.2. The van der Waals surface area contributed by atoms with Gasteiger partial charge in [0.15, 0.2) is 0 Å². The fraction of sp³-hybridized carbons (Fsp3) is 0.161. The van der Waals surface area contributed by atoms with Crippen LogP contribution in [0.2, 0.25) is 0 Å². The van der Waals surface area contributed by atoms with Gasteiger partial charge in [0.05, 0.1) is 0 Å². The van der Waals surface area contributed by atoms with Crippen LogP contribution < -0.4 is 0 Å². The molecule has 1 nitrogen and oxygen atoms in total. The molecule has 0 saturated carbocycles. The normalized spacial score (nSPS) is 19.8. The molecule has 0 unspecified atom stereocenters. The van der Waals surface area contributed by atoms with Crippen LogP contribution in [0.1, 0.15) is 31.4 Å². The molecule has 4 aromatic rings. The number of rotatable bonds is 3. The van der Waals surface area contributed by atoms with Crippen molar-refractivity contribution in [2.45, 2.75) is 33.2 Å². The Morgan fingerprint density at radius 2 is 1.44 bits per heavy atom. The standard InChI is InChI=1S/C31H29N/c1-23-11-9-13-26-12-3-4-15-27(26)24(2)25(21-20-23)14-10-22-32-30-18-7-5-16-28(30)29-17-6-8-19-31(29)32/h3-12,14-20H,13,21-22H2,1-2H3/b11-9-,14-10-,23-20-,25-24-. The van der Waals surface area contributed by atoms with Crippen molar-refractivity contribution in [3.63, 3.8) is 0 Å². The maximum absolute atomic E-state index is 2.43. The minimum Gasteiger partial charge on any atom is -0.337 e. The summed E-state index contributed by atoms with van der Waals surface area (Å²) in [4.78, 5) is 0. The summed E-state index contributed by atoms with van der Waals surface area (Å²) in [5.74, 6) is 0. The number of allylic oxidation sites excluding steroid dienone is 8. The number of hydrogen-bond acceptors (Lipinski definition) is 0. The predicted molar refractivity (Wildman–Crippen MR) is 139 cm³/mol. The van der Waals surface area contributed by atoms with E-state index < -0.39 is 0 Å². The van der Waals surface area contributed by atoms with Crippen molar-refractivity contribution in [1.82, 2.24) is 4.57 Å². The van der Waals surface area contributed by atoms with E-state index in [-0.39, 0.29) is 0 Å². The van der Waals surface area contributed by atoms with Gasteiger partial charge in [-0.2, -0.15) is 0 Å². The van der Waals surface area contributed by atoms with Crippen molar-refractivity contribution >= 4 is 27.4 Å². The lowest BCUT2D eigenvalue weighted by atomic mass is 9.92. The summed E-state index contributed by atoms with van der Waals surface area (Å²) < 4.78 is 2.43. The molecule has 5 rings (SSSR count). The summed E-state index contributed by atoms with van der Waals surface area (Å²) in [5.41, 5.74) is 9.42.